The van der Waals surface area contributed by atoms with Gasteiger partial charge in [-0.05, 0) is 11.8 Å². The number of carbonyl (C=O) groups is 1. The van der Waals surface area contributed by atoms with Crippen LogP contribution >= 0.6 is 0 Å². The Kier molecular flexibility index (Phi) is 2.26. The van der Waals surface area contributed by atoms with Gasteiger partial charge in [0.2, 0.25) is 0 Å². The quantitative estimate of drug-likeness (QED) is 0.782. The highest BCUT2D eigenvalue weighted by Gasteiger charge is 2.45. The summed E-state index contributed by atoms with van der Waals surface area (Å²) in [4.78, 5) is 10.5. The van der Waals surface area contributed by atoms with Crippen molar-refractivity contribution in [1.82, 2.24) is 10.5 Å². The van der Waals surface area contributed by atoms with Crippen molar-refractivity contribution in [3.05, 3.63) is 17.5 Å². The van der Waals surface area contributed by atoms with Gasteiger partial charge in [-0.3, -0.25) is 0 Å². The van der Waals surface area contributed by atoms with E-state index in [1.807, 2.05) is 0 Å². The van der Waals surface area contributed by atoms with Crippen LogP contribution in [0.3, 0.4) is 0 Å². The Bertz CT molecular complexity index is 384. The molecule has 0 amide bonds. The molecule has 2 N–H and O–H groups in total. The molecule has 2 rings (SSSR count). The number of hydrogen-bond acceptors (Lipinski definition) is 4. The SMILES string of the molecule is CC1(C)CC1NCc1cc(C(=O)O)no1. The number of rotatable bonds is 4. The van der Waals surface area contributed by atoms with Crippen LogP contribution in [0.5, 0.6) is 0 Å². The van der Waals surface area contributed by atoms with E-state index in [4.69, 9.17) is 9.63 Å². The van der Waals surface area contributed by atoms with Crippen LogP contribution in [0.25, 0.3) is 0 Å². The summed E-state index contributed by atoms with van der Waals surface area (Å²) < 4.78 is 4.88. The molecule has 1 saturated carbocycles. The van der Waals surface area contributed by atoms with Gasteiger partial charge < -0.3 is 14.9 Å². The van der Waals surface area contributed by atoms with Gasteiger partial charge in [0.05, 0.1) is 6.54 Å². The van der Waals surface area contributed by atoms with Gasteiger partial charge in [0.25, 0.3) is 0 Å². The summed E-state index contributed by atoms with van der Waals surface area (Å²) in [5.41, 5.74) is 0.317. The van der Waals surface area contributed by atoms with E-state index in [1.165, 1.54) is 6.07 Å². The zero-order valence-corrected chi connectivity index (χ0v) is 8.78. The molecule has 1 heterocycles. The molecule has 15 heavy (non-hydrogen) atoms. The summed E-state index contributed by atoms with van der Waals surface area (Å²) >= 11 is 0. The molecular formula is C10H14N2O3. The third-order valence-electron chi connectivity index (χ3n) is 2.81. The van der Waals surface area contributed by atoms with Gasteiger partial charge >= 0.3 is 5.97 Å². The zero-order chi connectivity index (χ0) is 11.1. The molecule has 1 aromatic rings. The number of nitrogens with zero attached hydrogens (tertiary/aromatic N) is 1. The van der Waals surface area contributed by atoms with E-state index in [-0.39, 0.29) is 5.69 Å². The van der Waals surface area contributed by atoms with Crippen molar-refractivity contribution in [3.63, 3.8) is 0 Å². The first-order chi connectivity index (χ1) is 6.99. The van der Waals surface area contributed by atoms with Gasteiger partial charge in [0.15, 0.2) is 11.5 Å². The first kappa shape index (κ1) is 10.2. The molecule has 0 saturated heterocycles. The number of hydrogen-bond donors (Lipinski definition) is 2. The molecule has 0 aliphatic heterocycles. The lowest BCUT2D eigenvalue weighted by molar-refractivity contribution is 0.0685. The lowest BCUT2D eigenvalue weighted by Gasteiger charge is -2.03. The minimum atomic E-state index is -1.06. The van der Waals surface area contributed by atoms with Crippen LogP contribution in [-0.2, 0) is 6.54 Å². The maximum absolute atomic E-state index is 10.5. The molecule has 1 aliphatic rings. The van der Waals surface area contributed by atoms with Gasteiger partial charge in [0.1, 0.15) is 0 Å². The van der Waals surface area contributed by atoms with Gasteiger partial charge in [0, 0.05) is 12.1 Å². The first-order valence-corrected chi connectivity index (χ1v) is 4.91. The highest BCUT2D eigenvalue weighted by molar-refractivity contribution is 5.85. The standard InChI is InChI=1S/C10H14N2O3/c1-10(2)4-8(10)11-5-6-3-7(9(13)14)12-15-6/h3,8,11H,4-5H2,1-2H3,(H,13,14). The van der Waals surface area contributed by atoms with Crippen molar-refractivity contribution >= 4 is 5.97 Å². The maximum Gasteiger partial charge on any atom is 0.358 e. The van der Waals surface area contributed by atoms with E-state index in [9.17, 15) is 4.79 Å². The largest absolute Gasteiger partial charge is 0.476 e. The molecule has 0 aromatic carbocycles. The van der Waals surface area contributed by atoms with Crippen LogP contribution < -0.4 is 5.32 Å². The maximum atomic E-state index is 10.5. The topological polar surface area (TPSA) is 75.4 Å². The van der Waals surface area contributed by atoms with E-state index in [1.54, 1.807) is 0 Å². The van der Waals surface area contributed by atoms with Crippen molar-refractivity contribution < 1.29 is 14.4 Å². The highest BCUT2D eigenvalue weighted by atomic mass is 16.5. The Balaban J connectivity index is 1.86. The van der Waals surface area contributed by atoms with Gasteiger partial charge in [-0.1, -0.05) is 19.0 Å². The summed E-state index contributed by atoms with van der Waals surface area (Å²) in [6.07, 6.45) is 1.15. The van der Waals surface area contributed by atoms with Crippen molar-refractivity contribution in [2.24, 2.45) is 5.41 Å². The Morgan fingerprint density at radius 1 is 1.80 bits per heavy atom. The minimum Gasteiger partial charge on any atom is -0.476 e. The molecule has 1 aromatic heterocycles. The Hall–Kier alpha value is -1.36. The Morgan fingerprint density at radius 2 is 2.47 bits per heavy atom. The highest BCUT2D eigenvalue weighted by Crippen LogP contribution is 2.44. The van der Waals surface area contributed by atoms with Crippen molar-refractivity contribution in [3.8, 4) is 0 Å². The van der Waals surface area contributed by atoms with Gasteiger partial charge in [-0.15, -0.1) is 0 Å². The van der Waals surface area contributed by atoms with Crippen LogP contribution in [0, 0.1) is 5.41 Å². The lowest BCUT2D eigenvalue weighted by atomic mass is 10.2. The number of carboxylic acids is 1. The summed E-state index contributed by atoms with van der Waals surface area (Å²) in [6.45, 7) is 4.91. The number of carboxylic acid groups (broad SMARTS) is 1. The van der Waals surface area contributed by atoms with Crippen LogP contribution in [-0.4, -0.2) is 22.3 Å². The van der Waals surface area contributed by atoms with E-state index in [2.05, 4.69) is 24.3 Å². The molecule has 1 atom stereocenters. The molecule has 0 spiro atoms. The normalized spacial score (nSPS) is 22.7. The summed E-state index contributed by atoms with van der Waals surface area (Å²) in [6, 6.07) is 1.95. The smallest absolute Gasteiger partial charge is 0.358 e. The second-order valence-electron chi connectivity index (χ2n) is 4.61. The molecule has 1 fully saturated rings. The van der Waals surface area contributed by atoms with E-state index < -0.39 is 5.97 Å². The number of aromatic nitrogens is 1. The van der Waals surface area contributed by atoms with Crippen LogP contribution in [0.4, 0.5) is 0 Å². The van der Waals surface area contributed by atoms with Crippen molar-refractivity contribution in [2.45, 2.75) is 32.9 Å². The second kappa shape index (κ2) is 3.34. The zero-order valence-electron chi connectivity index (χ0n) is 8.78. The Morgan fingerprint density at radius 3 is 2.93 bits per heavy atom. The predicted molar refractivity (Wildman–Crippen MR) is 52.5 cm³/mol. The first-order valence-electron chi connectivity index (χ1n) is 4.91. The number of aromatic carboxylic acids is 1. The lowest BCUT2D eigenvalue weighted by Crippen LogP contribution is -2.19. The average molecular weight is 210 g/mol. The fourth-order valence-electron chi connectivity index (χ4n) is 1.54. The molecule has 0 radical (unpaired) electrons. The third kappa shape index (κ3) is 2.18. The summed E-state index contributed by atoms with van der Waals surface area (Å²) in [5, 5.41) is 15.4. The third-order valence-corrected chi connectivity index (χ3v) is 2.81. The van der Waals surface area contributed by atoms with E-state index in [0.29, 0.717) is 23.8 Å². The molecule has 5 heteroatoms. The van der Waals surface area contributed by atoms with Gasteiger partial charge in [-0.2, -0.15) is 0 Å². The van der Waals surface area contributed by atoms with Gasteiger partial charge in [-0.25, -0.2) is 4.79 Å². The summed E-state index contributed by atoms with van der Waals surface area (Å²) in [7, 11) is 0. The fraction of sp³-hybridized carbons (Fsp3) is 0.600. The van der Waals surface area contributed by atoms with Crippen LogP contribution in [0.15, 0.2) is 10.6 Å². The molecule has 0 bridgehead atoms. The predicted octanol–water partition coefficient (Wildman–Crippen LogP) is 1.26. The number of nitrogens with one attached hydrogen (secondary N) is 1. The monoisotopic (exact) mass is 210 g/mol. The molecule has 1 unspecified atom stereocenters. The van der Waals surface area contributed by atoms with Crippen molar-refractivity contribution in [1.29, 1.82) is 0 Å². The molecular weight excluding hydrogens is 196 g/mol. The van der Waals surface area contributed by atoms with E-state index >= 15 is 0 Å². The van der Waals surface area contributed by atoms with Crippen molar-refractivity contribution in [2.75, 3.05) is 0 Å². The van der Waals surface area contributed by atoms with Crippen LogP contribution in [0.1, 0.15) is 36.5 Å². The summed E-state index contributed by atoms with van der Waals surface area (Å²) in [5.74, 6) is -0.494. The molecule has 82 valence electrons. The fourth-order valence-corrected chi connectivity index (χ4v) is 1.54. The second-order valence-corrected chi connectivity index (χ2v) is 4.61. The molecule has 5 nitrogen and oxygen atoms in total. The Labute approximate surface area is 87.5 Å². The minimum absolute atomic E-state index is 0.0399. The van der Waals surface area contributed by atoms with E-state index in [0.717, 1.165) is 6.42 Å². The van der Waals surface area contributed by atoms with Crippen LogP contribution in [0.2, 0.25) is 0 Å². The average Bonchev–Trinajstić information content (AvgIpc) is 2.63. The molecule has 1 aliphatic carbocycles.